The van der Waals surface area contributed by atoms with Crippen LogP contribution in [0.25, 0.3) is 0 Å². The van der Waals surface area contributed by atoms with Crippen LogP contribution in [0.1, 0.15) is 31.0 Å². The fourth-order valence-electron chi connectivity index (χ4n) is 2.75. The van der Waals surface area contributed by atoms with Gasteiger partial charge in [-0.1, -0.05) is 42.5 Å². The van der Waals surface area contributed by atoms with Crippen molar-refractivity contribution in [3.8, 4) is 0 Å². The lowest BCUT2D eigenvalue weighted by Gasteiger charge is -2.20. The van der Waals surface area contributed by atoms with E-state index in [-0.39, 0.29) is 16.8 Å². The molecule has 0 aliphatic carbocycles. The van der Waals surface area contributed by atoms with Crippen LogP contribution >= 0.6 is 0 Å². The van der Waals surface area contributed by atoms with Gasteiger partial charge in [-0.25, -0.2) is 13.6 Å². The van der Waals surface area contributed by atoms with E-state index in [2.05, 4.69) is 24.4 Å². The molecule has 0 aromatic heterocycles. The smallest absolute Gasteiger partial charge is 0.275 e. The third-order valence-corrected chi connectivity index (χ3v) is 5.22. The third-order valence-electron chi connectivity index (χ3n) is 4.29. The summed E-state index contributed by atoms with van der Waals surface area (Å²) in [6, 6.07) is 16.1. The first-order valence-corrected chi connectivity index (χ1v) is 10.1. The van der Waals surface area contributed by atoms with Crippen molar-refractivity contribution < 1.29 is 18.1 Å². The molecule has 0 saturated carbocycles. The SMILES string of the molecule is CC[NH+](CC(=O)N[C@H](C)c1ccc(S(N)(=O)=O)cc1)Cc1ccccc1. The quantitative estimate of drug-likeness (QED) is 0.630. The minimum absolute atomic E-state index is 0.0409. The minimum Gasteiger partial charge on any atom is -0.345 e. The molecule has 1 amide bonds. The summed E-state index contributed by atoms with van der Waals surface area (Å²) in [7, 11) is -3.71. The highest BCUT2D eigenvalue weighted by molar-refractivity contribution is 7.89. The Labute approximate surface area is 155 Å². The molecule has 2 aromatic rings. The van der Waals surface area contributed by atoms with Crippen molar-refractivity contribution >= 4 is 15.9 Å². The summed E-state index contributed by atoms with van der Waals surface area (Å²) >= 11 is 0. The second kappa shape index (κ2) is 8.93. The van der Waals surface area contributed by atoms with Crippen LogP contribution in [-0.2, 0) is 21.4 Å². The number of nitrogens with one attached hydrogen (secondary N) is 2. The Bertz CT molecular complexity index is 821. The van der Waals surface area contributed by atoms with E-state index in [4.69, 9.17) is 5.14 Å². The summed E-state index contributed by atoms with van der Waals surface area (Å²) in [5.41, 5.74) is 2.02. The first kappa shape index (κ1) is 20.1. The maximum atomic E-state index is 12.4. The zero-order valence-electron chi connectivity index (χ0n) is 15.1. The minimum atomic E-state index is -3.71. The summed E-state index contributed by atoms with van der Waals surface area (Å²) in [5.74, 6) is -0.0409. The van der Waals surface area contributed by atoms with Gasteiger partial charge in [0, 0.05) is 5.56 Å². The van der Waals surface area contributed by atoms with Gasteiger partial charge in [-0.2, -0.15) is 0 Å². The molecule has 0 bridgehead atoms. The summed E-state index contributed by atoms with van der Waals surface area (Å²) in [6.45, 7) is 5.95. The lowest BCUT2D eigenvalue weighted by Crippen LogP contribution is -3.11. The van der Waals surface area contributed by atoms with Gasteiger partial charge in [-0.3, -0.25) is 4.79 Å². The van der Waals surface area contributed by atoms with Crippen molar-refractivity contribution in [2.75, 3.05) is 13.1 Å². The first-order valence-electron chi connectivity index (χ1n) is 8.59. The van der Waals surface area contributed by atoms with Crippen LogP contribution in [0.3, 0.4) is 0 Å². The number of sulfonamides is 1. The molecule has 0 spiro atoms. The molecule has 1 unspecified atom stereocenters. The van der Waals surface area contributed by atoms with Gasteiger partial charge in [0.2, 0.25) is 10.0 Å². The zero-order chi connectivity index (χ0) is 19.2. The second-order valence-corrected chi connectivity index (χ2v) is 7.91. The van der Waals surface area contributed by atoms with Gasteiger partial charge in [0.15, 0.2) is 6.54 Å². The molecule has 0 saturated heterocycles. The van der Waals surface area contributed by atoms with Crippen LogP contribution in [0.15, 0.2) is 59.5 Å². The van der Waals surface area contributed by atoms with Gasteiger partial charge >= 0.3 is 0 Å². The van der Waals surface area contributed by atoms with E-state index in [1.165, 1.54) is 22.6 Å². The van der Waals surface area contributed by atoms with Gasteiger partial charge < -0.3 is 10.2 Å². The third kappa shape index (κ3) is 5.94. The summed E-state index contributed by atoms with van der Waals surface area (Å²) < 4.78 is 22.6. The van der Waals surface area contributed by atoms with Gasteiger partial charge in [0.1, 0.15) is 6.54 Å². The summed E-state index contributed by atoms with van der Waals surface area (Å²) in [4.78, 5) is 13.6. The molecule has 6 nitrogen and oxygen atoms in total. The highest BCUT2D eigenvalue weighted by Crippen LogP contribution is 2.15. The maximum absolute atomic E-state index is 12.4. The number of likely N-dealkylation sites (N-methyl/N-ethyl adjacent to an activating group) is 1. The number of carbonyl (C=O) groups is 1. The van der Waals surface area contributed by atoms with Crippen molar-refractivity contribution in [1.82, 2.24) is 5.32 Å². The molecule has 7 heteroatoms. The molecule has 0 aliphatic rings. The average molecular weight is 377 g/mol. The molecule has 0 fully saturated rings. The number of amides is 1. The number of quaternary nitrogens is 1. The van der Waals surface area contributed by atoms with Crippen LogP contribution < -0.4 is 15.4 Å². The number of carbonyl (C=O) groups excluding carboxylic acids is 1. The predicted octanol–water partition coefficient (Wildman–Crippen LogP) is 0.616. The van der Waals surface area contributed by atoms with E-state index >= 15 is 0 Å². The second-order valence-electron chi connectivity index (χ2n) is 6.35. The van der Waals surface area contributed by atoms with Crippen molar-refractivity contribution in [2.24, 2.45) is 5.14 Å². The Morgan fingerprint density at radius 3 is 2.27 bits per heavy atom. The lowest BCUT2D eigenvalue weighted by molar-refractivity contribution is -0.904. The fraction of sp³-hybridized carbons (Fsp3) is 0.316. The van der Waals surface area contributed by atoms with Crippen molar-refractivity contribution in [1.29, 1.82) is 0 Å². The van der Waals surface area contributed by atoms with E-state index in [0.29, 0.717) is 6.54 Å². The van der Waals surface area contributed by atoms with Gasteiger partial charge in [-0.15, -0.1) is 0 Å². The van der Waals surface area contributed by atoms with Crippen LogP contribution in [-0.4, -0.2) is 27.4 Å². The van der Waals surface area contributed by atoms with E-state index in [1.807, 2.05) is 25.1 Å². The normalized spacial score (nSPS) is 13.8. The van der Waals surface area contributed by atoms with Crippen molar-refractivity contribution in [3.05, 3.63) is 65.7 Å². The van der Waals surface area contributed by atoms with E-state index in [1.54, 1.807) is 12.1 Å². The van der Waals surface area contributed by atoms with E-state index in [9.17, 15) is 13.2 Å². The highest BCUT2D eigenvalue weighted by atomic mass is 32.2. The predicted molar refractivity (Wildman–Crippen MR) is 101 cm³/mol. The number of rotatable bonds is 8. The van der Waals surface area contributed by atoms with E-state index in [0.717, 1.165) is 18.7 Å². The van der Waals surface area contributed by atoms with Crippen LogP contribution in [0.2, 0.25) is 0 Å². The Balaban J connectivity index is 1.93. The highest BCUT2D eigenvalue weighted by Gasteiger charge is 2.16. The van der Waals surface area contributed by atoms with Crippen LogP contribution in [0.5, 0.6) is 0 Å². The monoisotopic (exact) mass is 376 g/mol. The first-order chi connectivity index (χ1) is 12.3. The van der Waals surface area contributed by atoms with Gasteiger partial charge in [-0.05, 0) is 31.5 Å². The zero-order valence-corrected chi connectivity index (χ0v) is 15.9. The number of hydrogen-bond acceptors (Lipinski definition) is 3. The Morgan fingerprint density at radius 1 is 1.12 bits per heavy atom. The van der Waals surface area contributed by atoms with Crippen molar-refractivity contribution in [2.45, 2.75) is 31.3 Å². The molecule has 2 atom stereocenters. The topological polar surface area (TPSA) is 93.7 Å². The number of hydrogen-bond donors (Lipinski definition) is 3. The molecule has 2 rings (SSSR count). The molecular formula is C19H26N3O3S+. The average Bonchev–Trinajstić information content (AvgIpc) is 2.61. The van der Waals surface area contributed by atoms with Gasteiger partial charge in [0.25, 0.3) is 5.91 Å². The molecule has 140 valence electrons. The Hall–Kier alpha value is -2.22. The largest absolute Gasteiger partial charge is 0.345 e. The van der Waals surface area contributed by atoms with E-state index < -0.39 is 10.0 Å². The number of primary sulfonamides is 1. The summed E-state index contributed by atoms with van der Waals surface area (Å²) in [5, 5.41) is 8.06. The van der Waals surface area contributed by atoms with Crippen molar-refractivity contribution in [3.63, 3.8) is 0 Å². The Kier molecular flexibility index (Phi) is 6.90. The summed E-state index contributed by atoms with van der Waals surface area (Å²) in [6.07, 6.45) is 0. The van der Waals surface area contributed by atoms with Gasteiger partial charge in [0.05, 0.1) is 17.5 Å². The number of benzene rings is 2. The molecule has 0 heterocycles. The molecule has 26 heavy (non-hydrogen) atoms. The molecule has 0 radical (unpaired) electrons. The van der Waals surface area contributed by atoms with Crippen LogP contribution in [0, 0.1) is 0 Å². The molecular weight excluding hydrogens is 350 g/mol. The van der Waals surface area contributed by atoms with Crippen LogP contribution in [0.4, 0.5) is 0 Å². The fourth-order valence-corrected chi connectivity index (χ4v) is 3.26. The lowest BCUT2D eigenvalue weighted by atomic mass is 10.1. The Morgan fingerprint density at radius 2 is 1.73 bits per heavy atom. The molecule has 4 N–H and O–H groups in total. The molecule has 2 aromatic carbocycles. The standard InChI is InChI=1S/C19H25N3O3S/c1-3-22(13-16-7-5-4-6-8-16)14-19(23)21-15(2)17-9-11-18(12-10-17)26(20,24)25/h4-12,15H,3,13-14H2,1-2H3,(H,21,23)(H2,20,24,25)/p+1/t15-/m1/s1. The number of nitrogens with two attached hydrogens (primary N) is 1. The maximum Gasteiger partial charge on any atom is 0.275 e. The molecule has 0 aliphatic heterocycles.